The number of amides is 1. The molecular formula is C23H24N4O. The lowest BCUT2D eigenvalue weighted by Gasteiger charge is -2.32. The zero-order valence-electron chi connectivity index (χ0n) is 16.0. The van der Waals surface area contributed by atoms with Gasteiger partial charge in [0, 0.05) is 36.5 Å². The molecule has 2 heterocycles. The number of carbonyl (C=O) groups is 1. The smallest absolute Gasteiger partial charge is 0.253 e. The number of benzene rings is 2. The first-order valence-corrected chi connectivity index (χ1v) is 9.70. The van der Waals surface area contributed by atoms with Crippen LogP contribution in [0.1, 0.15) is 40.4 Å². The van der Waals surface area contributed by atoms with Gasteiger partial charge in [0.05, 0.1) is 5.69 Å². The molecule has 4 rings (SSSR count). The molecule has 3 aromatic rings. The number of likely N-dealkylation sites (tertiary alicyclic amines) is 1. The molecule has 1 aliphatic heterocycles. The van der Waals surface area contributed by atoms with Gasteiger partial charge in [0.2, 0.25) is 5.95 Å². The van der Waals surface area contributed by atoms with Crippen LogP contribution in [0, 0.1) is 6.92 Å². The van der Waals surface area contributed by atoms with E-state index in [0.29, 0.717) is 12.5 Å². The molecule has 0 spiro atoms. The van der Waals surface area contributed by atoms with Crippen molar-refractivity contribution in [3.05, 3.63) is 83.7 Å². The molecule has 5 nitrogen and oxygen atoms in total. The van der Waals surface area contributed by atoms with Crippen molar-refractivity contribution in [3.8, 4) is 0 Å². The van der Waals surface area contributed by atoms with E-state index in [-0.39, 0.29) is 11.8 Å². The third kappa shape index (κ3) is 4.19. The minimum Gasteiger partial charge on any atom is -0.338 e. The molecule has 1 amide bonds. The van der Waals surface area contributed by atoms with Crippen LogP contribution < -0.4 is 5.32 Å². The van der Waals surface area contributed by atoms with Crippen LogP contribution in [0.25, 0.3) is 0 Å². The van der Waals surface area contributed by atoms with Crippen molar-refractivity contribution in [3.63, 3.8) is 0 Å². The van der Waals surface area contributed by atoms with Crippen LogP contribution in [0.15, 0.2) is 66.9 Å². The average Bonchev–Trinajstić information content (AvgIpc) is 2.75. The van der Waals surface area contributed by atoms with E-state index in [1.807, 2.05) is 72.5 Å². The standard InChI is InChI=1S/C23H24N4O/c1-17-9-11-18(12-10-17)22(28)27-15-5-6-19(16-27)21-13-14-24-23(26-21)25-20-7-3-2-4-8-20/h2-4,7-14,19H,5-6,15-16H2,1H3,(H,24,25,26). The summed E-state index contributed by atoms with van der Waals surface area (Å²) in [6, 6.07) is 19.6. The van der Waals surface area contributed by atoms with E-state index in [2.05, 4.69) is 10.3 Å². The summed E-state index contributed by atoms with van der Waals surface area (Å²) >= 11 is 0. The van der Waals surface area contributed by atoms with E-state index in [9.17, 15) is 4.79 Å². The first kappa shape index (κ1) is 18.2. The first-order chi connectivity index (χ1) is 13.7. The second-order valence-corrected chi connectivity index (χ2v) is 7.25. The van der Waals surface area contributed by atoms with Crippen LogP contribution in [-0.4, -0.2) is 33.9 Å². The van der Waals surface area contributed by atoms with Crippen molar-refractivity contribution >= 4 is 17.5 Å². The number of aryl methyl sites for hydroxylation is 1. The maximum Gasteiger partial charge on any atom is 0.253 e. The van der Waals surface area contributed by atoms with Crippen molar-refractivity contribution in [2.45, 2.75) is 25.7 Å². The van der Waals surface area contributed by atoms with E-state index in [0.717, 1.165) is 41.9 Å². The van der Waals surface area contributed by atoms with Crippen LogP contribution in [0.4, 0.5) is 11.6 Å². The number of hydrogen-bond donors (Lipinski definition) is 1. The summed E-state index contributed by atoms with van der Waals surface area (Å²) in [4.78, 5) is 23.9. The quantitative estimate of drug-likeness (QED) is 0.730. The lowest BCUT2D eigenvalue weighted by atomic mass is 9.94. The molecule has 0 saturated carbocycles. The molecule has 0 bridgehead atoms. The molecule has 1 atom stereocenters. The average molecular weight is 372 g/mol. The van der Waals surface area contributed by atoms with Gasteiger partial charge in [-0.05, 0) is 50.1 Å². The predicted molar refractivity (Wildman–Crippen MR) is 111 cm³/mol. The summed E-state index contributed by atoms with van der Waals surface area (Å²) in [5.74, 6) is 0.912. The number of anilines is 2. The van der Waals surface area contributed by atoms with Crippen molar-refractivity contribution in [1.29, 1.82) is 0 Å². The summed E-state index contributed by atoms with van der Waals surface area (Å²) in [6.07, 6.45) is 3.79. The van der Waals surface area contributed by atoms with Gasteiger partial charge in [0.1, 0.15) is 0 Å². The summed E-state index contributed by atoms with van der Waals surface area (Å²) in [7, 11) is 0. The van der Waals surface area contributed by atoms with Gasteiger partial charge in [-0.2, -0.15) is 0 Å². The molecule has 1 aromatic heterocycles. The van der Waals surface area contributed by atoms with Crippen molar-refractivity contribution in [2.24, 2.45) is 0 Å². The Morgan fingerprint density at radius 2 is 1.86 bits per heavy atom. The Morgan fingerprint density at radius 1 is 1.07 bits per heavy atom. The Morgan fingerprint density at radius 3 is 2.64 bits per heavy atom. The molecule has 2 aromatic carbocycles. The van der Waals surface area contributed by atoms with Gasteiger partial charge in [0.15, 0.2) is 0 Å². The second kappa shape index (κ2) is 8.21. The van der Waals surface area contributed by atoms with E-state index in [1.54, 1.807) is 6.20 Å². The Kier molecular flexibility index (Phi) is 5.33. The highest BCUT2D eigenvalue weighted by atomic mass is 16.2. The molecule has 0 radical (unpaired) electrons. The fraction of sp³-hybridized carbons (Fsp3) is 0.261. The van der Waals surface area contributed by atoms with E-state index >= 15 is 0 Å². The first-order valence-electron chi connectivity index (χ1n) is 9.70. The minimum absolute atomic E-state index is 0.0985. The molecule has 1 N–H and O–H groups in total. The predicted octanol–water partition coefficient (Wildman–Crippen LogP) is 4.55. The maximum absolute atomic E-state index is 12.9. The van der Waals surface area contributed by atoms with Gasteiger partial charge in [0.25, 0.3) is 5.91 Å². The highest BCUT2D eigenvalue weighted by Gasteiger charge is 2.26. The number of nitrogens with zero attached hydrogens (tertiary/aromatic N) is 3. The van der Waals surface area contributed by atoms with Crippen LogP contribution in [0.5, 0.6) is 0 Å². The van der Waals surface area contributed by atoms with Crippen LogP contribution in [0.2, 0.25) is 0 Å². The minimum atomic E-state index is 0.0985. The summed E-state index contributed by atoms with van der Waals surface area (Å²) < 4.78 is 0. The van der Waals surface area contributed by atoms with Crippen molar-refractivity contribution < 1.29 is 4.79 Å². The number of aromatic nitrogens is 2. The molecule has 0 aliphatic carbocycles. The monoisotopic (exact) mass is 372 g/mol. The summed E-state index contributed by atoms with van der Waals surface area (Å²) in [6.45, 7) is 3.51. The van der Waals surface area contributed by atoms with Gasteiger partial charge in [-0.3, -0.25) is 4.79 Å². The Balaban J connectivity index is 1.48. The largest absolute Gasteiger partial charge is 0.338 e. The van der Waals surface area contributed by atoms with Crippen LogP contribution >= 0.6 is 0 Å². The molecule has 1 saturated heterocycles. The highest BCUT2D eigenvalue weighted by Crippen LogP contribution is 2.27. The fourth-order valence-corrected chi connectivity index (χ4v) is 3.59. The molecule has 1 fully saturated rings. The lowest BCUT2D eigenvalue weighted by Crippen LogP contribution is -2.39. The zero-order chi connectivity index (χ0) is 19.3. The summed E-state index contributed by atoms with van der Waals surface area (Å²) in [5.41, 5.74) is 3.85. The Bertz CT molecular complexity index is 940. The Labute approximate surface area is 165 Å². The molecule has 5 heteroatoms. The topological polar surface area (TPSA) is 58.1 Å². The SMILES string of the molecule is Cc1ccc(C(=O)N2CCCC(c3ccnc(Nc4ccccc4)n3)C2)cc1. The number of para-hydroxylation sites is 1. The van der Waals surface area contributed by atoms with Crippen molar-refractivity contribution in [2.75, 3.05) is 18.4 Å². The van der Waals surface area contributed by atoms with Gasteiger partial charge < -0.3 is 10.2 Å². The zero-order valence-corrected chi connectivity index (χ0v) is 16.0. The van der Waals surface area contributed by atoms with E-state index in [1.165, 1.54) is 0 Å². The number of hydrogen-bond acceptors (Lipinski definition) is 4. The second-order valence-electron chi connectivity index (χ2n) is 7.25. The van der Waals surface area contributed by atoms with E-state index < -0.39 is 0 Å². The molecule has 1 aliphatic rings. The highest BCUT2D eigenvalue weighted by molar-refractivity contribution is 5.94. The number of rotatable bonds is 4. The van der Waals surface area contributed by atoms with Gasteiger partial charge >= 0.3 is 0 Å². The molecule has 142 valence electrons. The number of piperidine rings is 1. The molecular weight excluding hydrogens is 348 g/mol. The van der Waals surface area contributed by atoms with Crippen molar-refractivity contribution in [1.82, 2.24) is 14.9 Å². The maximum atomic E-state index is 12.9. The van der Waals surface area contributed by atoms with E-state index in [4.69, 9.17) is 4.98 Å². The Hall–Kier alpha value is -3.21. The molecule has 28 heavy (non-hydrogen) atoms. The van der Waals surface area contributed by atoms with Crippen LogP contribution in [0.3, 0.4) is 0 Å². The number of nitrogens with one attached hydrogen (secondary N) is 1. The fourth-order valence-electron chi connectivity index (χ4n) is 3.59. The summed E-state index contributed by atoms with van der Waals surface area (Å²) in [5, 5.41) is 3.25. The number of carbonyl (C=O) groups excluding carboxylic acids is 1. The van der Waals surface area contributed by atoms with Gasteiger partial charge in [-0.25, -0.2) is 9.97 Å². The normalized spacial score (nSPS) is 16.6. The van der Waals surface area contributed by atoms with Gasteiger partial charge in [-0.1, -0.05) is 35.9 Å². The van der Waals surface area contributed by atoms with Gasteiger partial charge in [-0.15, -0.1) is 0 Å². The molecule has 1 unspecified atom stereocenters. The van der Waals surface area contributed by atoms with Crippen LogP contribution in [-0.2, 0) is 0 Å². The lowest BCUT2D eigenvalue weighted by molar-refractivity contribution is 0.0706. The third-order valence-corrected chi connectivity index (χ3v) is 5.13. The third-order valence-electron chi connectivity index (χ3n) is 5.13.